The number of carbonyl (C=O) groups excluding carboxylic acids is 1. The van der Waals surface area contributed by atoms with Gasteiger partial charge in [-0.05, 0) is 30.4 Å². The highest BCUT2D eigenvalue weighted by molar-refractivity contribution is 7.73. The second-order valence-electron chi connectivity index (χ2n) is 5.29. The average molecular weight is 374 g/mol. The molecule has 1 atom stereocenters. The summed E-state index contributed by atoms with van der Waals surface area (Å²) >= 11 is 13.0. The number of nitrogens with one attached hydrogen (secondary N) is 2. The molecule has 0 spiro atoms. The number of thiazole rings is 1. The Morgan fingerprint density at radius 3 is 2.50 bits per heavy atom. The highest BCUT2D eigenvalue weighted by Gasteiger charge is 2.30. The first kappa shape index (κ1) is 15.4. The zero-order valence-corrected chi connectivity index (χ0v) is 14.7. The molecule has 1 aliphatic rings. The van der Waals surface area contributed by atoms with Gasteiger partial charge in [-0.15, -0.1) is 0 Å². The van der Waals surface area contributed by atoms with E-state index < -0.39 is 6.17 Å². The minimum absolute atomic E-state index is 0.153. The number of amides is 1. The van der Waals surface area contributed by atoms with Crippen LogP contribution in [0.1, 0.15) is 21.4 Å². The molecule has 1 aliphatic heterocycles. The van der Waals surface area contributed by atoms with Gasteiger partial charge in [-0.1, -0.05) is 59.3 Å². The lowest BCUT2D eigenvalue weighted by molar-refractivity contribution is 0.0939. The van der Waals surface area contributed by atoms with Crippen molar-refractivity contribution < 1.29 is 4.79 Å². The summed E-state index contributed by atoms with van der Waals surface area (Å²) in [7, 11) is 0. The van der Waals surface area contributed by atoms with Crippen molar-refractivity contribution in [3.63, 3.8) is 0 Å². The summed E-state index contributed by atoms with van der Waals surface area (Å²) in [6.45, 7) is 0. The highest BCUT2D eigenvalue weighted by Crippen LogP contribution is 2.35. The molecule has 1 unspecified atom stereocenters. The van der Waals surface area contributed by atoms with Crippen LogP contribution in [0.3, 0.4) is 0 Å². The maximum absolute atomic E-state index is 12.5. The molecule has 2 N–H and O–H groups in total. The van der Waals surface area contributed by atoms with Gasteiger partial charge in [-0.2, -0.15) is 0 Å². The second kappa shape index (κ2) is 6.05. The van der Waals surface area contributed by atoms with Crippen molar-refractivity contribution in [2.24, 2.45) is 0 Å². The number of hydrogen-bond acceptors (Lipinski definition) is 4. The lowest BCUT2D eigenvalue weighted by atomic mass is 10.1. The molecule has 24 heavy (non-hydrogen) atoms. The van der Waals surface area contributed by atoms with Gasteiger partial charge in [0.25, 0.3) is 5.91 Å². The van der Waals surface area contributed by atoms with Gasteiger partial charge in [0.15, 0.2) is 3.95 Å². The normalized spacial score (nSPS) is 16.2. The molecule has 4 rings (SSSR count). The van der Waals surface area contributed by atoms with Crippen molar-refractivity contribution in [2.75, 3.05) is 5.32 Å². The van der Waals surface area contributed by atoms with Crippen LogP contribution in [0.25, 0.3) is 5.69 Å². The standard InChI is InChI=1S/C17H12ClN3OS2/c18-12-9-5-4-8-11(12)14-19-15-13(16(22)20-14)24-17(23)21(15)10-6-2-1-3-7-10/h1-9,14,19H,(H,20,22). The molecule has 0 aliphatic carbocycles. The third-order valence-corrected chi connectivity index (χ3v) is 5.52. The molecule has 1 amide bonds. The third-order valence-electron chi connectivity index (χ3n) is 3.80. The van der Waals surface area contributed by atoms with E-state index in [9.17, 15) is 4.79 Å². The van der Waals surface area contributed by atoms with E-state index in [0.717, 1.165) is 11.3 Å². The number of anilines is 1. The van der Waals surface area contributed by atoms with Crippen LogP contribution >= 0.6 is 35.2 Å². The molecular formula is C17H12ClN3OS2. The molecule has 0 radical (unpaired) electrons. The van der Waals surface area contributed by atoms with Gasteiger partial charge >= 0.3 is 0 Å². The SMILES string of the molecule is O=C1NC(c2ccccc2Cl)Nc2c1sc(=S)n2-c1ccccc1. The minimum Gasteiger partial charge on any atom is -0.346 e. The van der Waals surface area contributed by atoms with Gasteiger partial charge in [0.2, 0.25) is 0 Å². The van der Waals surface area contributed by atoms with E-state index in [1.165, 1.54) is 11.3 Å². The summed E-state index contributed by atoms with van der Waals surface area (Å²) in [5, 5.41) is 6.90. The van der Waals surface area contributed by atoms with Crippen molar-refractivity contribution in [1.82, 2.24) is 9.88 Å². The van der Waals surface area contributed by atoms with Gasteiger partial charge in [-0.3, -0.25) is 9.36 Å². The smallest absolute Gasteiger partial charge is 0.267 e. The summed E-state index contributed by atoms with van der Waals surface area (Å²) in [6.07, 6.45) is -0.405. The number of rotatable bonds is 2. The van der Waals surface area contributed by atoms with Crippen molar-refractivity contribution in [3.05, 3.63) is 74.0 Å². The predicted octanol–water partition coefficient (Wildman–Crippen LogP) is 4.78. The Bertz CT molecular complexity index is 981. The van der Waals surface area contributed by atoms with E-state index in [2.05, 4.69) is 10.6 Å². The molecule has 0 saturated heterocycles. The number of fused-ring (bicyclic) bond motifs is 1. The van der Waals surface area contributed by atoms with E-state index in [1.807, 2.05) is 53.1 Å². The molecule has 1 aromatic heterocycles. The number of para-hydroxylation sites is 1. The summed E-state index contributed by atoms with van der Waals surface area (Å²) < 4.78 is 2.51. The summed E-state index contributed by atoms with van der Waals surface area (Å²) in [5.41, 5.74) is 1.73. The Morgan fingerprint density at radius 2 is 1.75 bits per heavy atom. The average Bonchev–Trinajstić information content (AvgIpc) is 2.93. The number of halogens is 1. The predicted molar refractivity (Wildman–Crippen MR) is 99.8 cm³/mol. The molecule has 0 saturated carbocycles. The van der Waals surface area contributed by atoms with Crippen molar-refractivity contribution in [3.8, 4) is 5.69 Å². The topological polar surface area (TPSA) is 46.1 Å². The molecule has 3 aromatic rings. The van der Waals surface area contributed by atoms with E-state index in [1.54, 1.807) is 6.07 Å². The number of aromatic nitrogens is 1. The molecule has 2 aromatic carbocycles. The lowest BCUT2D eigenvalue weighted by Gasteiger charge is -2.27. The Hall–Kier alpha value is -2.15. The van der Waals surface area contributed by atoms with E-state index >= 15 is 0 Å². The van der Waals surface area contributed by atoms with Crippen LogP contribution < -0.4 is 10.6 Å². The largest absolute Gasteiger partial charge is 0.346 e. The van der Waals surface area contributed by atoms with E-state index in [-0.39, 0.29) is 5.91 Å². The summed E-state index contributed by atoms with van der Waals surface area (Å²) in [4.78, 5) is 13.1. The van der Waals surface area contributed by atoms with Crippen LogP contribution in [0.5, 0.6) is 0 Å². The summed E-state index contributed by atoms with van der Waals surface area (Å²) in [5.74, 6) is 0.546. The van der Waals surface area contributed by atoms with Gasteiger partial charge in [0.05, 0.1) is 0 Å². The molecule has 120 valence electrons. The van der Waals surface area contributed by atoms with Crippen LogP contribution in [0, 0.1) is 3.95 Å². The Kier molecular flexibility index (Phi) is 3.88. The fraction of sp³-hybridized carbons (Fsp3) is 0.0588. The number of carbonyl (C=O) groups is 1. The lowest BCUT2D eigenvalue weighted by Crippen LogP contribution is -2.38. The molecule has 0 fully saturated rings. The maximum Gasteiger partial charge on any atom is 0.267 e. The van der Waals surface area contributed by atoms with Crippen molar-refractivity contribution in [2.45, 2.75) is 6.17 Å². The monoisotopic (exact) mass is 373 g/mol. The summed E-state index contributed by atoms with van der Waals surface area (Å²) in [6, 6.07) is 17.2. The van der Waals surface area contributed by atoms with Crippen LogP contribution in [-0.2, 0) is 0 Å². The maximum atomic E-state index is 12.5. The highest BCUT2D eigenvalue weighted by atomic mass is 35.5. The van der Waals surface area contributed by atoms with Gasteiger partial charge in [0.1, 0.15) is 16.9 Å². The van der Waals surface area contributed by atoms with Crippen molar-refractivity contribution >= 4 is 46.9 Å². The first-order chi connectivity index (χ1) is 11.6. The van der Waals surface area contributed by atoms with Crippen LogP contribution in [-0.4, -0.2) is 10.5 Å². The first-order valence-corrected chi connectivity index (χ1v) is 8.88. The van der Waals surface area contributed by atoms with E-state index in [0.29, 0.717) is 19.7 Å². The quantitative estimate of drug-likeness (QED) is 0.636. The van der Waals surface area contributed by atoms with E-state index in [4.69, 9.17) is 23.8 Å². The van der Waals surface area contributed by atoms with Crippen LogP contribution in [0.4, 0.5) is 5.82 Å². The Labute approximate surface area is 152 Å². The fourth-order valence-corrected chi connectivity index (χ4v) is 4.26. The number of benzene rings is 2. The molecule has 0 bridgehead atoms. The fourth-order valence-electron chi connectivity index (χ4n) is 2.70. The zero-order chi connectivity index (χ0) is 16.7. The van der Waals surface area contributed by atoms with Crippen LogP contribution in [0.15, 0.2) is 54.6 Å². The van der Waals surface area contributed by atoms with Crippen LogP contribution in [0.2, 0.25) is 5.02 Å². The third kappa shape index (κ3) is 2.53. The Morgan fingerprint density at radius 1 is 1.04 bits per heavy atom. The van der Waals surface area contributed by atoms with Crippen molar-refractivity contribution in [1.29, 1.82) is 0 Å². The molecule has 2 heterocycles. The minimum atomic E-state index is -0.405. The second-order valence-corrected chi connectivity index (χ2v) is 7.34. The first-order valence-electron chi connectivity index (χ1n) is 7.28. The van der Waals surface area contributed by atoms with Gasteiger partial charge in [-0.25, -0.2) is 0 Å². The molecule has 7 heteroatoms. The molecular weight excluding hydrogens is 362 g/mol. The van der Waals surface area contributed by atoms with Gasteiger partial charge in [0, 0.05) is 16.3 Å². The van der Waals surface area contributed by atoms with Gasteiger partial charge < -0.3 is 10.6 Å². The number of nitrogens with zero attached hydrogens (tertiary/aromatic N) is 1. The Balaban J connectivity index is 1.84. The number of hydrogen-bond donors (Lipinski definition) is 2. The molecule has 4 nitrogen and oxygen atoms in total. The zero-order valence-electron chi connectivity index (χ0n) is 12.3.